The van der Waals surface area contributed by atoms with Crippen LogP contribution in [0.5, 0.6) is 0 Å². The summed E-state index contributed by atoms with van der Waals surface area (Å²) in [5, 5.41) is 7.14. The van der Waals surface area contributed by atoms with Gasteiger partial charge in [0.15, 0.2) is 0 Å². The first-order valence-electron chi connectivity index (χ1n) is 5.77. The van der Waals surface area contributed by atoms with Crippen LogP contribution in [0, 0.1) is 17.8 Å². The van der Waals surface area contributed by atoms with E-state index in [-0.39, 0.29) is 0 Å². The van der Waals surface area contributed by atoms with E-state index in [4.69, 9.17) is 0 Å². The third-order valence-corrected chi connectivity index (χ3v) is 4.07. The van der Waals surface area contributed by atoms with Gasteiger partial charge in [0.1, 0.15) is 0 Å². The summed E-state index contributed by atoms with van der Waals surface area (Å²) in [6.45, 7) is 8.41. The Hall–Kier alpha value is -0.0800. The fourth-order valence-corrected chi connectivity index (χ4v) is 3.03. The van der Waals surface area contributed by atoms with Crippen LogP contribution in [0.15, 0.2) is 0 Å². The Morgan fingerprint density at radius 1 is 1.38 bits per heavy atom. The summed E-state index contributed by atoms with van der Waals surface area (Å²) < 4.78 is 0. The fraction of sp³-hybridized carbons (Fsp3) is 1.00. The van der Waals surface area contributed by atoms with Crippen LogP contribution in [-0.2, 0) is 0 Å². The zero-order valence-corrected chi connectivity index (χ0v) is 8.84. The predicted molar refractivity (Wildman–Crippen MR) is 55.7 cm³/mol. The predicted octanol–water partition coefficient (Wildman–Crippen LogP) is 1.23. The maximum atomic E-state index is 3.63. The summed E-state index contributed by atoms with van der Waals surface area (Å²) in [6.07, 6.45) is 2.73. The standard InChI is InChI=1S/C11H22N2/c1-3-8(2)9-4-5-13-11-7-12-6-10(9)11/h8-13H,3-7H2,1-2H3. The third-order valence-electron chi connectivity index (χ3n) is 4.07. The third kappa shape index (κ3) is 1.75. The Bertz CT molecular complexity index is 169. The second kappa shape index (κ2) is 3.97. The normalized spacial score (nSPS) is 41.5. The van der Waals surface area contributed by atoms with Crippen molar-refractivity contribution in [2.24, 2.45) is 17.8 Å². The smallest absolute Gasteiger partial charge is 0.0235 e. The van der Waals surface area contributed by atoms with Gasteiger partial charge in [0.05, 0.1) is 0 Å². The SMILES string of the molecule is CCC(C)C1CCNC2CNCC21. The van der Waals surface area contributed by atoms with Crippen molar-refractivity contribution in [3.63, 3.8) is 0 Å². The molecule has 2 rings (SSSR count). The average Bonchev–Trinajstić information content (AvgIpc) is 2.63. The molecule has 76 valence electrons. The van der Waals surface area contributed by atoms with Crippen LogP contribution in [0.3, 0.4) is 0 Å². The van der Waals surface area contributed by atoms with E-state index in [0.29, 0.717) is 0 Å². The Labute approximate surface area is 81.5 Å². The van der Waals surface area contributed by atoms with Gasteiger partial charge in [-0.1, -0.05) is 20.3 Å². The second-order valence-electron chi connectivity index (χ2n) is 4.72. The zero-order valence-electron chi connectivity index (χ0n) is 8.84. The van der Waals surface area contributed by atoms with Gasteiger partial charge in [-0.15, -0.1) is 0 Å². The highest BCUT2D eigenvalue weighted by Gasteiger charge is 2.37. The van der Waals surface area contributed by atoms with E-state index in [0.717, 1.165) is 23.8 Å². The molecule has 2 nitrogen and oxygen atoms in total. The molecule has 2 aliphatic heterocycles. The summed E-state index contributed by atoms with van der Waals surface area (Å²) in [5.41, 5.74) is 0. The van der Waals surface area contributed by atoms with Crippen LogP contribution < -0.4 is 10.6 Å². The minimum atomic E-state index is 0.771. The molecule has 2 N–H and O–H groups in total. The number of nitrogens with one attached hydrogen (secondary N) is 2. The molecular weight excluding hydrogens is 160 g/mol. The summed E-state index contributed by atoms with van der Waals surface area (Å²) in [7, 11) is 0. The lowest BCUT2D eigenvalue weighted by Crippen LogP contribution is -2.46. The summed E-state index contributed by atoms with van der Waals surface area (Å²) >= 11 is 0. The Kier molecular flexibility index (Phi) is 2.89. The van der Waals surface area contributed by atoms with Crippen molar-refractivity contribution < 1.29 is 0 Å². The zero-order chi connectivity index (χ0) is 9.26. The molecule has 13 heavy (non-hydrogen) atoms. The lowest BCUT2D eigenvalue weighted by Gasteiger charge is -2.37. The highest BCUT2D eigenvalue weighted by molar-refractivity contribution is 4.95. The van der Waals surface area contributed by atoms with Crippen LogP contribution >= 0.6 is 0 Å². The second-order valence-corrected chi connectivity index (χ2v) is 4.72. The largest absolute Gasteiger partial charge is 0.315 e. The number of hydrogen-bond donors (Lipinski definition) is 2. The van der Waals surface area contributed by atoms with Gasteiger partial charge in [-0.3, -0.25) is 0 Å². The molecule has 2 fully saturated rings. The maximum absolute atomic E-state index is 3.63. The molecule has 2 aliphatic rings. The van der Waals surface area contributed by atoms with Gasteiger partial charge >= 0.3 is 0 Å². The van der Waals surface area contributed by atoms with Gasteiger partial charge in [-0.2, -0.15) is 0 Å². The molecule has 4 atom stereocenters. The van der Waals surface area contributed by atoms with E-state index in [1.807, 2.05) is 0 Å². The summed E-state index contributed by atoms with van der Waals surface area (Å²) in [5.74, 6) is 2.78. The van der Waals surface area contributed by atoms with Gasteiger partial charge in [0.2, 0.25) is 0 Å². The Morgan fingerprint density at radius 2 is 2.23 bits per heavy atom. The minimum Gasteiger partial charge on any atom is -0.315 e. The first-order valence-corrected chi connectivity index (χ1v) is 5.77. The van der Waals surface area contributed by atoms with E-state index in [2.05, 4.69) is 24.5 Å². The van der Waals surface area contributed by atoms with Gasteiger partial charge < -0.3 is 10.6 Å². The molecule has 2 saturated heterocycles. The highest BCUT2D eigenvalue weighted by atomic mass is 15.1. The van der Waals surface area contributed by atoms with Crippen LogP contribution in [0.1, 0.15) is 26.7 Å². The van der Waals surface area contributed by atoms with Crippen molar-refractivity contribution in [2.75, 3.05) is 19.6 Å². The number of piperidine rings is 1. The number of rotatable bonds is 2. The van der Waals surface area contributed by atoms with E-state index in [9.17, 15) is 0 Å². The lowest BCUT2D eigenvalue weighted by molar-refractivity contribution is 0.166. The fourth-order valence-electron chi connectivity index (χ4n) is 3.03. The monoisotopic (exact) mass is 182 g/mol. The van der Waals surface area contributed by atoms with Crippen LogP contribution in [0.4, 0.5) is 0 Å². The summed E-state index contributed by atoms with van der Waals surface area (Å²) in [4.78, 5) is 0. The maximum Gasteiger partial charge on any atom is 0.0235 e. The van der Waals surface area contributed by atoms with Crippen molar-refractivity contribution in [2.45, 2.75) is 32.7 Å². The topological polar surface area (TPSA) is 24.1 Å². The molecule has 2 heteroatoms. The number of hydrogen-bond acceptors (Lipinski definition) is 2. The van der Waals surface area contributed by atoms with Crippen LogP contribution in [0.25, 0.3) is 0 Å². The molecule has 0 bridgehead atoms. The van der Waals surface area contributed by atoms with Crippen molar-refractivity contribution >= 4 is 0 Å². The minimum absolute atomic E-state index is 0.771. The first kappa shape index (κ1) is 9.47. The van der Waals surface area contributed by atoms with E-state index >= 15 is 0 Å². The van der Waals surface area contributed by atoms with Gasteiger partial charge in [0.25, 0.3) is 0 Å². The summed E-state index contributed by atoms with van der Waals surface area (Å²) in [6, 6.07) is 0.771. The molecule has 0 aromatic rings. The van der Waals surface area contributed by atoms with Gasteiger partial charge in [-0.25, -0.2) is 0 Å². The quantitative estimate of drug-likeness (QED) is 0.671. The molecule has 0 radical (unpaired) electrons. The molecule has 0 aromatic heterocycles. The van der Waals surface area contributed by atoms with E-state index < -0.39 is 0 Å². The molecule has 2 heterocycles. The van der Waals surface area contributed by atoms with E-state index in [1.54, 1.807) is 0 Å². The number of fused-ring (bicyclic) bond motifs is 1. The first-order chi connectivity index (χ1) is 6.33. The highest BCUT2D eigenvalue weighted by Crippen LogP contribution is 2.33. The molecule has 0 amide bonds. The molecule has 0 saturated carbocycles. The average molecular weight is 182 g/mol. The van der Waals surface area contributed by atoms with Crippen LogP contribution in [0.2, 0.25) is 0 Å². The van der Waals surface area contributed by atoms with E-state index in [1.165, 1.54) is 32.5 Å². The molecular formula is C11H22N2. The van der Waals surface area contributed by atoms with Crippen molar-refractivity contribution in [3.05, 3.63) is 0 Å². The Morgan fingerprint density at radius 3 is 3.00 bits per heavy atom. The molecule has 0 spiro atoms. The van der Waals surface area contributed by atoms with Gasteiger partial charge in [0, 0.05) is 12.6 Å². The molecule has 0 aliphatic carbocycles. The van der Waals surface area contributed by atoms with Crippen molar-refractivity contribution in [1.82, 2.24) is 10.6 Å². The van der Waals surface area contributed by atoms with Gasteiger partial charge in [-0.05, 0) is 37.3 Å². The lowest BCUT2D eigenvalue weighted by atomic mass is 9.74. The molecule has 4 unspecified atom stereocenters. The Balaban J connectivity index is 2.01. The molecule has 0 aromatic carbocycles. The van der Waals surface area contributed by atoms with Crippen molar-refractivity contribution in [1.29, 1.82) is 0 Å². The van der Waals surface area contributed by atoms with Crippen LogP contribution in [-0.4, -0.2) is 25.7 Å². The van der Waals surface area contributed by atoms with Crippen molar-refractivity contribution in [3.8, 4) is 0 Å².